The van der Waals surface area contributed by atoms with E-state index in [1.807, 2.05) is 6.20 Å². The number of hydrogen-bond acceptors (Lipinski definition) is 3. The van der Waals surface area contributed by atoms with E-state index in [2.05, 4.69) is 33.9 Å². The minimum absolute atomic E-state index is 0. The van der Waals surface area contributed by atoms with Gasteiger partial charge in [-0.05, 0) is 53.5 Å². The first-order valence-electron chi connectivity index (χ1n) is 6.15. The lowest BCUT2D eigenvalue weighted by Crippen LogP contribution is -2.09. The normalized spacial score (nSPS) is 25.9. The fourth-order valence-electron chi connectivity index (χ4n) is 3.03. The molecule has 2 aromatic heterocycles. The summed E-state index contributed by atoms with van der Waals surface area (Å²) in [6, 6.07) is 4.45. The molecule has 1 fully saturated rings. The summed E-state index contributed by atoms with van der Waals surface area (Å²) < 4.78 is 0. The molecule has 0 radical (unpaired) electrons. The highest BCUT2D eigenvalue weighted by atomic mass is 35.5. The first-order chi connectivity index (χ1) is 8.40. The molecule has 0 saturated carbocycles. The molecule has 2 nitrogen and oxygen atoms in total. The Morgan fingerprint density at radius 2 is 2.28 bits per heavy atom. The van der Waals surface area contributed by atoms with Crippen LogP contribution in [0.3, 0.4) is 0 Å². The van der Waals surface area contributed by atoms with Gasteiger partial charge in [-0.1, -0.05) is 6.08 Å². The van der Waals surface area contributed by atoms with Crippen molar-refractivity contribution >= 4 is 39.5 Å². The minimum atomic E-state index is 0. The van der Waals surface area contributed by atoms with Gasteiger partial charge in [0.1, 0.15) is 4.83 Å². The third kappa shape index (κ3) is 1.87. The Balaban J connectivity index is 0.000001000. The van der Waals surface area contributed by atoms with Gasteiger partial charge < -0.3 is 5.32 Å². The quantitative estimate of drug-likeness (QED) is 0.865. The zero-order chi connectivity index (χ0) is 11.2. The van der Waals surface area contributed by atoms with E-state index in [0.29, 0.717) is 0 Å². The minimum Gasteiger partial charge on any atom is -0.316 e. The second-order valence-electron chi connectivity index (χ2n) is 5.02. The zero-order valence-electron chi connectivity index (χ0n) is 9.93. The fourth-order valence-corrected chi connectivity index (χ4v) is 3.75. The van der Waals surface area contributed by atoms with E-state index in [1.165, 1.54) is 29.5 Å². The highest BCUT2D eigenvalue weighted by Crippen LogP contribution is 2.38. The van der Waals surface area contributed by atoms with Gasteiger partial charge in [0.2, 0.25) is 0 Å². The first kappa shape index (κ1) is 12.2. The van der Waals surface area contributed by atoms with Gasteiger partial charge in [0.05, 0.1) is 0 Å². The van der Waals surface area contributed by atoms with Crippen LogP contribution >= 0.6 is 23.7 Å². The number of pyridine rings is 1. The predicted molar refractivity (Wildman–Crippen MR) is 79.3 cm³/mol. The number of allylic oxidation sites excluding steroid dienone is 1. The van der Waals surface area contributed by atoms with Crippen molar-refractivity contribution < 1.29 is 0 Å². The SMILES string of the molecule is C1=C(c2cnc3sccc3c2)C[C@@H]2CNC[C@H]12.Cl. The summed E-state index contributed by atoms with van der Waals surface area (Å²) in [6.45, 7) is 2.33. The van der Waals surface area contributed by atoms with Crippen molar-refractivity contribution in [3.8, 4) is 0 Å². The van der Waals surface area contributed by atoms with Gasteiger partial charge in [0, 0.05) is 18.1 Å². The van der Waals surface area contributed by atoms with Gasteiger partial charge in [0.25, 0.3) is 0 Å². The lowest BCUT2D eigenvalue weighted by Gasteiger charge is -2.06. The van der Waals surface area contributed by atoms with E-state index >= 15 is 0 Å². The van der Waals surface area contributed by atoms with Crippen LogP contribution in [0.2, 0.25) is 0 Å². The molecule has 18 heavy (non-hydrogen) atoms. The van der Waals surface area contributed by atoms with E-state index in [1.54, 1.807) is 11.3 Å². The third-order valence-electron chi connectivity index (χ3n) is 3.97. The summed E-state index contributed by atoms with van der Waals surface area (Å²) in [6.07, 6.45) is 5.72. The summed E-state index contributed by atoms with van der Waals surface area (Å²) in [5.41, 5.74) is 2.83. The van der Waals surface area contributed by atoms with Crippen LogP contribution in [0.1, 0.15) is 12.0 Å². The van der Waals surface area contributed by atoms with Crippen molar-refractivity contribution in [2.75, 3.05) is 13.1 Å². The molecule has 1 aliphatic carbocycles. The summed E-state index contributed by atoms with van der Waals surface area (Å²) in [4.78, 5) is 5.69. The topological polar surface area (TPSA) is 24.9 Å². The standard InChI is InChI=1S/C14H14N2S.ClH/c1-2-17-14-9(1)3-13(8-16-14)10-4-11-6-15-7-12(11)5-10;/h1-4,8,11-12,15H,5-7H2;1H/t11-,12+;/m0./s1. The number of fused-ring (bicyclic) bond motifs is 2. The number of hydrogen-bond donors (Lipinski definition) is 1. The Morgan fingerprint density at radius 3 is 3.17 bits per heavy atom. The van der Waals surface area contributed by atoms with Gasteiger partial charge in [-0.25, -0.2) is 4.98 Å². The lowest BCUT2D eigenvalue weighted by atomic mass is 9.99. The lowest BCUT2D eigenvalue weighted by molar-refractivity contribution is 0.536. The molecule has 2 atom stereocenters. The number of nitrogens with zero attached hydrogens (tertiary/aromatic N) is 1. The van der Waals surface area contributed by atoms with Crippen LogP contribution in [0.4, 0.5) is 0 Å². The van der Waals surface area contributed by atoms with Crippen LogP contribution in [0, 0.1) is 11.8 Å². The molecule has 0 unspecified atom stereocenters. The van der Waals surface area contributed by atoms with Crippen LogP contribution in [-0.4, -0.2) is 18.1 Å². The van der Waals surface area contributed by atoms with Crippen molar-refractivity contribution in [2.45, 2.75) is 6.42 Å². The predicted octanol–water partition coefficient (Wildman–Crippen LogP) is 3.34. The largest absolute Gasteiger partial charge is 0.316 e. The van der Waals surface area contributed by atoms with Crippen molar-refractivity contribution in [1.82, 2.24) is 10.3 Å². The maximum Gasteiger partial charge on any atom is 0.123 e. The van der Waals surface area contributed by atoms with E-state index in [9.17, 15) is 0 Å². The average molecular weight is 279 g/mol. The molecule has 1 N–H and O–H groups in total. The average Bonchev–Trinajstić information content (AvgIpc) is 3.02. The summed E-state index contributed by atoms with van der Waals surface area (Å²) in [5.74, 6) is 1.58. The second kappa shape index (κ2) is 4.65. The summed E-state index contributed by atoms with van der Waals surface area (Å²) >= 11 is 1.71. The van der Waals surface area contributed by atoms with Gasteiger partial charge in [0.15, 0.2) is 0 Å². The van der Waals surface area contributed by atoms with Crippen LogP contribution in [0.25, 0.3) is 15.8 Å². The zero-order valence-corrected chi connectivity index (χ0v) is 11.6. The van der Waals surface area contributed by atoms with Crippen LogP contribution in [-0.2, 0) is 0 Å². The second-order valence-corrected chi connectivity index (χ2v) is 5.91. The molecule has 4 heteroatoms. The molecule has 2 aromatic rings. The molecule has 2 aliphatic rings. The maximum absolute atomic E-state index is 4.54. The van der Waals surface area contributed by atoms with E-state index in [-0.39, 0.29) is 12.4 Å². The van der Waals surface area contributed by atoms with Crippen LogP contribution in [0.5, 0.6) is 0 Å². The van der Waals surface area contributed by atoms with Crippen molar-refractivity contribution in [3.63, 3.8) is 0 Å². The molecular weight excluding hydrogens is 264 g/mol. The van der Waals surface area contributed by atoms with Crippen LogP contribution in [0.15, 0.2) is 29.8 Å². The molecule has 1 aliphatic heterocycles. The van der Waals surface area contributed by atoms with E-state index in [4.69, 9.17) is 0 Å². The Kier molecular flexibility index (Phi) is 3.14. The van der Waals surface area contributed by atoms with E-state index < -0.39 is 0 Å². The van der Waals surface area contributed by atoms with Crippen molar-refractivity contribution in [3.05, 3.63) is 35.3 Å². The molecule has 3 heterocycles. The Hall–Kier alpha value is -0.900. The molecule has 0 amide bonds. The highest BCUT2D eigenvalue weighted by molar-refractivity contribution is 7.16. The van der Waals surface area contributed by atoms with Gasteiger partial charge in [-0.2, -0.15) is 0 Å². The number of aromatic nitrogens is 1. The van der Waals surface area contributed by atoms with Crippen LogP contribution < -0.4 is 5.32 Å². The van der Waals surface area contributed by atoms with Crippen molar-refractivity contribution in [1.29, 1.82) is 0 Å². The molecule has 0 spiro atoms. The van der Waals surface area contributed by atoms with E-state index in [0.717, 1.165) is 23.2 Å². The number of halogens is 1. The third-order valence-corrected chi connectivity index (χ3v) is 4.80. The number of rotatable bonds is 1. The Bertz CT molecular complexity index is 605. The first-order valence-corrected chi connectivity index (χ1v) is 7.03. The van der Waals surface area contributed by atoms with Crippen molar-refractivity contribution in [2.24, 2.45) is 11.8 Å². The molecule has 1 saturated heterocycles. The molecular formula is C14H15ClN2S. The molecule has 0 bridgehead atoms. The molecule has 94 valence electrons. The van der Waals surface area contributed by atoms with Gasteiger partial charge in [-0.15, -0.1) is 23.7 Å². The Morgan fingerprint density at radius 1 is 1.33 bits per heavy atom. The van der Waals surface area contributed by atoms with Gasteiger partial charge in [-0.3, -0.25) is 0 Å². The number of nitrogens with one attached hydrogen (secondary N) is 1. The summed E-state index contributed by atoms with van der Waals surface area (Å²) in [7, 11) is 0. The molecule has 4 rings (SSSR count). The smallest absolute Gasteiger partial charge is 0.123 e. The summed E-state index contributed by atoms with van der Waals surface area (Å²) in [5, 5.41) is 6.86. The maximum atomic E-state index is 4.54. The number of thiophene rings is 1. The monoisotopic (exact) mass is 278 g/mol. The van der Waals surface area contributed by atoms with Gasteiger partial charge >= 0.3 is 0 Å². The fraction of sp³-hybridized carbons (Fsp3) is 0.357. The molecule has 0 aromatic carbocycles. The Labute approximate surface area is 117 Å². The highest BCUT2D eigenvalue weighted by Gasteiger charge is 2.31.